The van der Waals surface area contributed by atoms with Gasteiger partial charge in [-0.05, 0) is 55.3 Å². The van der Waals surface area contributed by atoms with Crippen LogP contribution in [0.2, 0.25) is 0 Å². The molecule has 4 rings (SSSR count). The molecule has 1 aromatic carbocycles. The highest BCUT2D eigenvalue weighted by Crippen LogP contribution is 2.46. The maximum atomic E-state index is 14.4. The Morgan fingerprint density at radius 1 is 1.15 bits per heavy atom. The predicted molar refractivity (Wildman–Crippen MR) is 116 cm³/mol. The molecule has 0 saturated heterocycles. The minimum Gasteiger partial charge on any atom is -0.465 e. The number of nitrogens with one attached hydrogen (secondary N) is 1. The van der Waals surface area contributed by atoms with Crippen LogP contribution in [0, 0.1) is 11.6 Å². The van der Waals surface area contributed by atoms with Gasteiger partial charge in [-0.3, -0.25) is 14.7 Å². The topological polar surface area (TPSA) is 108 Å². The molecule has 2 aromatic heterocycles. The molecule has 1 fully saturated rings. The largest absolute Gasteiger partial charge is 0.465 e. The highest BCUT2D eigenvalue weighted by molar-refractivity contribution is 5.95. The summed E-state index contributed by atoms with van der Waals surface area (Å²) in [6.45, 7) is -0.286. The fourth-order valence-electron chi connectivity index (χ4n) is 4.13. The number of pyridine rings is 1. The zero-order valence-corrected chi connectivity index (χ0v) is 18.0. The Balaban J connectivity index is 1.65. The molecule has 1 saturated carbocycles. The minimum absolute atomic E-state index is 0.00665. The molecule has 0 radical (unpaired) electrons. The van der Waals surface area contributed by atoms with Crippen molar-refractivity contribution >= 4 is 17.8 Å². The Kier molecular flexibility index (Phi) is 6.18. The first-order valence-electron chi connectivity index (χ1n) is 10.4. The third-order valence-electron chi connectivity index (χ3n) is 5.84. The summed E-state index contributed by atoms with van der Waals surface area (Å²) in [5, 5.41) is 20.1. The minimum atomic E-state index is -1.40. The zero-order valence-electron chi connectivity index (χ0n) is 18.0. The number of carbonyl (C=O) groups excluding carboxylic acids is 1. The average molecular weight is 471 g/mol. The number of halogens is 3. The second-order valence-corrected chi connectivity index (χ2v) is 8.04. The first kappa shape index (κ1) is 23.1. The molecule has 2 amide bonds. The van der Waals surface area contributed by atoms with Crippen molar-refractivity contribution in [1.82, 2.24) is 20.5 Å². The molecule has 3 aromatic rings. The Hall–Kier alpha value is -4.02. The molecule has 176 valence electrons. The third kappa shape index (κ3) is 4.28. The van der Waals surface area contributed by atoms with Gasteiger partial charge in [-0.2, -0.15) is 0 Å². The fraction of sp³-hybridized carbons (Fsp3) is 0.261. The predicted octanol–water partition coefficient (Wildman–Crippen LogP) is 3.73. The molecular formula is C23H20F3N5O3. The van der Waals surface area contributed by atoms with E-state index in [4.69, 9.17) is 0 Å². The molecule has 0 aliphatic heterocycles. The maximum Gasteiger partial charge on any atom is 0.413 e. The van der Waals surface area contributed by atoms with Gasteiger partial charge in [-0.15, -0.1) is 10.2 Å². The van der Waals surface area contributed by atoms with Gasteiger partial charge >= 0.3 is 6.09 Å². The van der Waals surface area contributed by atoms with E-state index >= 15 is 0 Å². The van der Waals surface area contributed by atoms with Crippen LogP contribution >= 0.6 is 0 Å². The number of hydrogen-bond acceptors (Lipinski definition) is 5. The Morgan fingerprint density at radius 2 is 1.91 bits per heavy atom. The van der Waals surface area contributed by atoms with Crippen LogP contribution in [0.4, 0.5) is 23.8 Å². The number of hydrogen-bond donors (Lipinski definition) is 2. The molecule has 0 bridgehead atoms. The van der Waals surface area contributed by atoms with E-state index in [0.717, 1.165) is 11.0 Å². The summed E-state index contributed by atoms with van der Waals surface area (Å²) in [6.07, 6.45) is -1.41. The van der Waals surface area contributed by atoms with Gasteiger partial charge in [0.1, 0.15) is 17.8 Å². The van der Waals surface area contributed by atoms with E-state index in [1.807, 2.05) is 0 Å². The van der Waals surface area contributed by atoms with Gasteiger partial charge in [0.15, 0.2) is 5.82 Å². The van der Waals surface area contributed by atoms with Crippen LogP contribution in [0.1, 0.15) is 28.9 Å². The molecule has 34 heavy (non-hydrogen) atoms. The van der Waals surface area contributed by atoms with Crippen molar-refractivity contribution in [3.63, 3.8) is 0 Å². The summed E-state index contributed by atoms with van der Waals surface area (Å²) in [5.74, 6) is -1.80. The van der Waals surface area contributed by atoms with Gasteiger partial charge in [0.25, 0.3) is 5.91 Å². The van der Waals surface area contributed by atoms with Crippen LogP contribution < -0.4 is 10.2 Å². The normalized spacial score (nSPS) is 19.2. The molecule has 1 aliphatic carbocycles. The Morgan fingerprint density at radius 3 is 2.50 bits per heavy atom. The van der Waals surface area contributed by atoms with Crippen molar-refractivity contribution in [2.45, 2.75) is 24.4 Å². The van der Waals surface area contributed by atoms with Gasteiger partial charge in [0.05, 0.1) is 11.4 Å². The van der Waals surface area contributed by atoms with Crippen LogP contribution in [0.25, 0.3) is 11.3 Å². The quantitative estimate of drug-likeness (QED) is 0.567. The SMILES string of the molecule is CNC(=O)c1ccc(F)c(-c2ccc(N(C[C@]3(c4ncccc4F)C[C@H](F)C3)C(=O)O)nn2)c1. The fourth-order valence-corrected chi connectivity index (χ4v) is 4.13. The van der Waals surface area contributed by atoms with E-state index in [1.165, 1.54) is 49.6 Å². The number of nitrogens with zero attached hydrogens (tertiary/aromatic N) is 4. The molecule has 2 heterocycles. The maximum absolute atomic E-state index is 14.4. The zero-order chi connectivity index (χ0) is 24.5. The van der Waals surface area contributed by atoms with E-state index in [2.05, 4.69) is 20.5 Å². The number of anilines is 1. The lowest BCUT2D eigenvalue weighted by Gasteiger charge is -2.45. The summed E-state index contributed by atoms with van der Waals surface area (Å²) in [4.78, 5) is 28.8. The monoisotopic (exact) mass is 471 g/mol. The van der Waals surface area contributed by atoms with Crippen LogP contribution in [0.15, 0.2) is 48.7 Å². The Bertz CT molecular complexity index is 1230. The van der Waals surface area contributed by atoms with Crippen molar-refractivity contribution in [2.24, 2.45) is 0 Å². The Labute approximate surface area is 192 Å². The van der Waals surface area contributed by atoms with Crippen molar-refractivity contribution in [1.29, 1.82) is 0 Å². The van der Waals surface area contributed by atoms with Crippen LogP contribution in [-0.2, 0) is 5.41 Å². The van der Waals surface area contributed by atoms with Gasteiger partial charge in [0.2, 0.25) is 0 Å². The number of carboxylic acid groups (broad SMARTS) is 1. The molecule has 0 spiro atoms. The van der Waals surface area contributed by atoms with Crippen molar-refractivity contribution in [3.8, 4) is 11.3 Å². The summed E-state index contributed by atoms with van der Waals surface area (Å²) < 4.78 is 42.7. The smallest absolute Gasteiger partial charge is 0.413 e. The first-order valence-corrected chi connectivity index (χ1v) is 10.4. The van der Waals surface area contributed by atoms with Crippen molar-refractivity contribution in [2.75, 3.05) is 18.5 Å². The molecule has 0 atom stereocenters. The van der Waals surface area contributed by atoms with Crippen LogP contribution in [-0.4, -0.2) is 52.1 Å². The molecule has 11 heteroatoms. The third-order valence-corrected chi connectivity index (χ3v) is 5.84. The number of aromatic nitrogens is 3. The van der Waals surface area contributed by atoms with Crippen LogP contribution in [0.3, 0.4) is 0 Å². The lowest BCUT2D eigenvalue weighted by atomic mass is 9.64. The van der Waals surface area contributed by atoms with E-state index in [0.29, 0.717) is 0 Å². The van der Waals surface area contributed by atoms with E-state index in [-0.39, 0.29) is 47.7 Å². The molecular weight excluding hydrogens is 451 g/mol. The lowest BCUT2D eigenvalue weighted by Crippen LogP contribution is -2.53. The first-order chi connectivity index (χ1) is 16.2. The number of carbonyl (C=O) groups is 2. The van der Waals surface area contributed by atoms with Gasteiger partial charge in [-0.1, -0.05) is 0 Å². The van der Waals surface area contributed by atoms with Gasteiger partial charge in [0, 0.05) is 36.3 Å². The molecule has 1 aliphatic rings. The highest BCUT2D eigenvalue weighted by atomic mass is 19.1. The standard InChI is InChI=1S/C23H20F3N5O3/c1-27-21(32)13-4-5-16(25)15(9-13)18-6-7-19(30-29-18)31(22(33)34)12-23(10-14(24)11-23)20-17(26)3-2-8-28-20/h2-9,14H,10-12H2,1H3,(H,27,32)(H,33,34)/t14-,23-. The second kappa shape index (κ2) is 9.08. The van der Waals surface area contributed by atoms with Crippen molar-refractivity contribution in [3.05, 3.63) is 71.6 Å². The van der Waals surface area contributed by atoms with E-state index in [1.54, 1.807) is 0 Å². The van der Waals surface area contributed by atoms with E-state index in [9.17, 15) is 27.9 Å². The highest BCUT2D eigenvalue weighted by Gasteiger charge is 2.50. The summed E-state index contributed by atoms with van der Waals surface area (Å²) in [7, 11) is 1.44. The molecule has 2 N–H and O–H groups in total. The summed E-state index contributed by atoms with van der Waals surface area (Å²) in [5.41, 5.74) is -0.865. The lowest BCUT2D eigenvalue weighted by molar-refractivity contribution is 0.0901. The summed E-state index contributed by atoms with van der Waals surface area (Å²) >= 11 is 0. The number of rotatable bonds is 6. The number of amides is 2. The summed E-state index contributed by atoms with van der Waals surface area (Å²) in [6, 6.07) is 9.01. The van der Waals surface area contributed by atoms with Crippen LogP contribution in [0.5, 0.6) is 0 Å². The van der Waals surface area contributed by atoms with Crippen molar-refractivity contribution < 1.29 is 27.9 Å². The van der Waals surface area contributed by atoms with E-state index < -0.39 is 35.2 Å². The van der Waals surface area contributed by atoms with Gasteiger partial charge in [-0.25, -0.2) is 18.0 Å². The average Bonchev–Trinajstić information content (AvgIpc) is 2.81. The van der Waals surface area contributed by atoms with Gasteiger partial charge < -0.3 is 10.4 Å². The number of alkyl halides is 1. The molecule has 0 unspecified atom stereocenters. The second-order valence-electron chi connectivity index (χ2n) is 8.04. The molecule has 8 nitrogen and oxygen atoms in total. The number of benzene rings is 1.